The molecule has 0 aliphatic rings. The molecule has 1 aromatic carbocycles. The standard InChI is InChI=1S/C19H24ClN3O/c1-13(2)12-23-19(20)17(15(4)22-23)10-11-18(24)21-14(3)16-8-6-5-7-9-16/h5-11,13-14H,12H2,1-4H3,(H,21,24)/b11-10+. The number of benzene rings is 1. The molecule has 24 heavy (non-hydrogen) atoms. The molecule has 4 nitrogen and oxygen atoms in total. The predicted octanol–water partition coefficient (Wildman–Crippen LogP) is 4.39. The van der Waals surface area contributed by atoms with Crippen LogP contribution in [0.25, 0.3) is 6.08 Å². The van der Waals surface area contributed by atoms with Crippen LogP contribution in [0.2, 0.25) is 5.15 Å². The van der Waals surface area contributed by atoms with Crippen molar-refractivity contribution in [2.75, 3.05) is 0 Å². The lowest BCUT2D eigenvalue weighted by atomic mass is 10.1. The van der Waals surface area contributed by atoms with Crippen LogP contribution in [-0.4, -0.2) is 15.7 Å². The maximum Gasteiger partial charge on any atom is 0.244 e. The average Bonchev–Trinajstić information content (AvgIpc) is 2.79. The number of carbonyl (C=O) groups excluding carboxylic acids is 1. The van der Waals surface area contributed by atoms with E-state index in [-0.39, 0.29) is 11.9 Å². The van der Waals surface area contributed by atoms with Crippen molar-refractivity contribution in [2.24, 2.45) is 5.92 Å². The van der Waals surface area contributed by atoms with Crippen molar-refractivity contribution >= 4 is 23.6 Å². The molecule has 5 heteroatoms. The summed E-state index contributed by atoms with van der Waals surface area (Å²) in [5, 5.41) is 7.96. The zero-order chi connectivity index (χ0) is 17.7. The lowest BCUT2D eigenvalue weighted by molar-refractivity contribution is -0.117. The fourth-order valence-corrected chi connectivity index (χ4v) is 2.78. The van der Waals surface area contributed by atoms with Crippen LogP contribution in [0.5, 0.6) is 0 Å². The Morgan fingerprint density at radius 3 is 2.58 bits per heavy atom. The predicted molar refractivity (Wildman–Crippen MR) is 98.8 cm³/mol. The summed E-state index contributed by atoms with van der Waals surface area (Å²) < 4.78 is 1.78. The second-order valence-electron chi connectivity index (χ2n) is 6.34. The minimum Gasteiger partial charge on any atom is -0.346 e. The van der Waals surface area contributed by atoms with E-state index in [9.17, 15) is 4.79 Å². The molecular formula is C19H24ClN3O. The van der Waals surface area contributed by atoms with Gasteiger partial charge in [-0.1, -0.05) is 55.8 Å². The van der Waals surface area contributed by atoms with Crippen molar-refractivity contribution in [2.45, 2.75) is 40.3 Å². The average molecular weight is 346 g/mol. The van der Waals surface area contributed by atoms with Gasteiger partial charge < -0.3 is 5.32 Å². The molecule has 0 radical (unpaired) electrons. The van der Waals surface area contributed by atoms with E-state index in [1.807, 2.05) is 44.2 Å². The van der Waals surface area contributed by atoms with E-state index in [0.717, 1.165) is 23.4 Å². The normalized spacial score (nSPS) is 12.8. The quantitative estimate of drug-likeness (QED) is 0.789. The first-order valence-electron chi connectivity index (χ1n) is 8.15. The van der Waals surface area contributed by atoms with Gasteiger partial charge in [-0.05, 0) is 31.4 Å². The lowest BCUT2D eigenvalue weighted by Gasteiger charge is -2.12. The lowest BCUT2D eigenvalue weighted by Crippen LogP contribution is -2.24. The largest absolute Gasteiger partial charge is 0.346 e. The third kappa shape index (κ3) is 4.71. The summed E-state index contributed by atoms with van der Waals surface area (Å²) in [6.45, 7) is 8.83. The summed E-state index contributed by atoms with van der Waals surface area (Å²) in [6, 6.07) is 9.80. The smallest absolute Gasteiger partial charge is 0.244 e. The number of carbonyl (C=O) groups is 1. The number of halogens is 1. The molecule has 128 valence electrons. The molecule has 1 aromatic heterocycles. The van der Waals surface area contributed by atoms with Crippen molar-refractivity contribution in [1.82, 2.24) is 15.1 Å². The monoisotopic (exact) mass is 345 g/mol. The molecular weight excluding hydrogens is 322 g/mol. The van der Waals surface area contributed by atoms with E-state index in [2.05, 4.69) is 24.3 Å². The number of nitrogens with one attached hydrogen (secondary N) is 1. The molecule has 0 fully saturated rings. The Hall–Kier alpha value is -2.07. The number of amides is 1. The molecule has 1 unspecified atom stereocenters. The van der Waals surface area contributed by atoms with Gasteiger partial charge in [-0.15, -0.1) is 0 Å². The first kappa shape index (κ1) is 18.3. The van der Waals surface area contributed by atoms with Crippen LogP contribution in [0.4, 0.5) is 0 Å². The van der Waals surface area contributed by atoms with Gasteiger partial charge in [0.15, 0.2) is 0 Å². The van der Waals surface area contributed by atoms with Crippen molar-refractivity contribution < 1.29 is 4.79 Å². The highest BCUT2D eigenvalue weighted by atomic mass is 35.5. The molecule has 2 aromatic rings. The van der Waals surface area contributed by atoms with Gasteiger partial charge in [0.05, 0.1) is 11.7 Å². The van der Waals surface area contributed by atoms with Crippen molar-refractivity contribution in [3.05, 3.63) is 58.4 Å². The maximum absolute atomic E-state index is 12.1. The number of hydrogen-bond donors (Lipinski definition) is 1. The maximum atomic E-state index is 12.1. The summed E-state index contributed by atoms with van der Waals surface area (Å²) in [5.74, 6) is 0.298. The van der Waals surface area contributed by atoms with Crippen LogP contribution >= 0.6 is 11.6 Å². The molecule has 1 heterocycles. The van der Waals surface area contributed by atoms with Gasteiger partial charge in [-0.3, -0.25) is 9.48 Å². The molecule has 0 aliphatic heterocycles. The molecule has 1 atom stereocenters. The Morgan fingerprint density at radius 1 is 1.29 bits per heavy atom. The molecule has 1 amide bonds. The highest BCUT2D eigenvalue weighted by Crippen LogP contribution is 2.22. The van der Waals surface area contributed by atoms with E-state index in [1.54, 1.807) is 10.8 Å². The van der Waals surface area contributed by atoms with E-state index in [1.165, 1.54) is 6.08 Å². The molecule has 0 aliphatic carbocycles. The van der Waals surface area contributed by atoms with E-state index < -0.39 is 0 Å². The Morgan fingerprint density at radius 2 is 1.96 bits per heavy atom. The zero-order valence-corrected chi connectivity index (χ0v) is 15.3. The summed E-state index contributed by atoms with van der Waals surface area (Å²) in [6.07, 6.45) is 3.24. The fourth-order valence-electron chi connectivity index (χ4n) is 2.47. The summed E-state index contributed by atoms with van der Waals surface area (Å²) in [7, 11) is 0. The Bertz CT molecular complexity index is 720. The molecule has 0 saturated heterocycles. The fraction of sp³-hybridized carbons (Fsp3) is 0.368. The Labute approximate surface area is 148 Å². The second-order valence-corrected chi connectivity index (χ2v) is 6.70. The number of nitrogens with zero attached hydrogens (tertiary/aromatic N) is 2. The highest BCUT2D eigenvalue weighted by molar-refractivity contribution is 6.31. The summed E-state index contributed by atoms with van der Waals surface area (Å²) in [4.78, 5) is 12.1. The van der Waals surface area contributed by atoms with Crippen LogP contribution in [0.3, 0.4) is 0 Å². The highest BCUT2D eigenvalue weighted by Gasteiger charge is 2.13. The molecule has 2 rings (SSSR count). The number of aromatic nitrogens is 2. The van der Waals surface area contributed by atoms with Gasteiger partial charge in [-0.25, -0.2) is 0 Å². The van der Waals surface area contributed by atoms with Crippen LogP contribution in [0.15, 0.2) is 36.4 Å². The number of hydrogen-bond acceptors (Lipinski definition) is 2. The minimum atomic E-state index is -0.154. The van der Waals surface area contributed by atoms with Gasteiger partial charge in [-0.2, -0.15) is 5.10 Å². The van der Waals surface area contributed by atoms with Crippen LogP contribution in [0, 0.1) is 12.8 Å². The topological polar surface area (TPSA) is 46.9 Å². The molecule has 1 N–H and O–H groups in total. The molecule has 0 bridgehead atoms. The first-order chi connectivity index (χ1) is 11.4. The second kappa shape index (κ2) is 8.15. The Kier molecular flexibility index (Phi) is 6.21. The van der Waals surface area contributed by atoms with E-state index in [4.69, 9.17) is 11.6 Å². The third-order valence-corrected chi connectivity index (χ3v) is 4.11. The van der Waals surface area contributed by atoms with Crippen molar-refractivity contribution in [3.8, 4) is 0 Å². The van der Waals surface area contributed by atoms with Crippen molar-refractivity contribution in [1.29, 1.82) is 0 Å². The zero-order valence-electron chi connectivity index (χ0n) is 14.6. The van der Waals surface area contributed by atoms with Gasteiger partial charge in [0, 0.05) is 18.2 Å². The first-order valence-corrected chi connectivity index (χ1v) is 8.52. The minimum absolute atomic E-state index is 0.0522. The van der Waals surface area contributed by atoms with Gasteiger partial charge in [0.2, 0.25) is 5.91 Å². The Balaban J connectivity index is 2.05. The van der Waals surface area contributed by atoms with Gasteiger partial charge in [0.1, 0.15) is 5.15 Å². The number of rotatable bonds is 6. The van der Waals surface area contributed by atoms with Gasteiger partial charge in [0.25, 0.3) is 0 Å². The molecule has 0 spiro atoms. The van der Waals surface area contributed by atoms with Crippen LogP contribution in [0.1, 0.15) is 43.6 Å². The molecule has 0 saturated carbocycles. The van der Waals surface area contributed by atoms with Gasteiger partial charge >= 0.3 is 0 Å². The van der Waals surface area contributed by atoms with Crippen LogP contribution in [-0.2, 0) is 11.3 Å². The number of aryl methyl sites for hydroxylation is 1. The third-order valence-electron chi connectivity index (χ3n) is 3.71. The van der Waals surface area contributed by atoms with Crippen molar-refractivity contribution in [3.63, 3.8) is 0 Å². The van der Waals surface area contributed by atoms with Crippen LogP contribution < -0.4 is 5.32 Å². The van der Waals surface area contributed by atoms with E-state index >= 15 is 0 Å². The summed E-state index contributed by atoms with van der Waals surface area (Å²) >= 11 is 6.38. The van der Waals surface area contributed by atoms with E-state index in [0.29, 0.717) is 11.1 Å². The SMILES string of the molecule is Cc1nn(CC(C)C)c(Cl)c1/C=C/C(=O)NC(C)c1ccccc1. The summed E-state index contributed by atoms with van der Waals surface area (Å²) in [5.41, 5.74) is 2.68.